The summed E-state index contributed by atoms with van der Waals surface area (Å²) in [5.74, 6) is 4.25. The molecule has 1 aromatic rings. The molecule has 8 heteroatoms. The summed E-state index contributed by atoms with van der Waals surface area (Å²) in [6.07, 6.45) is 7.73. The normalized spacial score (nSPS) is 10.8. The van der Waals surface area contributed by atoms with E-state index in [4.69, 9.17) is 6.42 Å². The number of rotatable bonds is 9. The van der Waals surface area contributed by atoms with E-state index >= 15 is 0 Å². The van der Waals surface area contributed by atoms with Gasteiger partial charge in [-0.25, -0.2) is 0 Å². The fourth-order valence-corrected chi connectivity index (χ4v) is 2.75. The highest BCUT2D eigenvalue weighted by molar-refractivity contribution is 9.10. The van der Waals surface area contributed by atoms with Crippen molar-refractivity contribution in [3.05, 3.63) is 50.6 Å². The Hall–Kier alpha value is -1.72. The first kappa shape index (κ1) is 17.3. The molecule has 1 rings (SSSR count). The smallest absolute Gasteiger partial charge is 0.274 e. The molecular weight excluding hydrogens is 356 g/mol. The number of nitrogens with one attached hydrogen (secondary N) is 2. The zero-order chi connectivity index (χ0) is 15.5. The summed E-state index contributed by atoms with van der Waals surface area (Å²) < 4.78 is 0.982. The van der Waals surface area contributed by atoms with Crippen molar-refractivity contribution in [3.63, 3.8) is 0 Å². The third kappa shape index (κ3) is 7.58. The van der Waals surface area contributed by atoms with Crippen LogP contribution in [0.2, 0.25) is 0 Å². The minimum atomic E-state index is -0.524. The average molecular weight is 371 g/mol. The molecule has 0 aliphatic heterocycles. The first-order chi connectivity index (χ1) is 10.1. The molecule has 0 saturated heterocycles. The standard InChI is InChI=1S/C13H15BrN4O2S/c1-2-5-16-13(9-18(19)20)17-7-8-21-10-12-11(14)4-3-6-15-12/h1,3-4,6,9,16-17H,5,7-8,10H2. The van der Waals surface area contributed by atoms with Gasteiger partial charge in [0.25, 0.3) is 6.20 Å². The van der Waals surface area contributed by atoms with Gasteiger partial charge in [0, 0.05) is 28.7 Å². The van der Waals surface area contributed by atoms with Crippen LogP contribution in [0.5, 0.6) is 0 Å². The topological polar surface area (TPSA) is 80.1 Å². The third-order valence-corrected chi connectivity index (χ3v) is 3.94. The highest BCUT2D eigenvalue weighted by atomic mass is 79.9. The molecular formula is C13H15BrN4O2S. The van der Waals surface area contributed by atoms with E-state index in [0.29, 0.717) is 12.4 Å². The van der Waals surface area contributed by atoms with Crippen LogP contribution in [-0.4, -0.2) is 28.7 Å². The van der Waals surface area contributed by atoms with Gasteiger partial charge in [-0.2, -0.15) is 11.8 Å². The molecule has 0 aliphatic rings. The molecule has 0 fully saturated rings. The Morgan fingerprint density at radius 1 is 1.62 bits per heavy atom. The summed E-state index contributed by atoms with van der Waals surface area (Å²) in [6, 6.07) is 3.81. The van der Waals surface area contributed by atoms with Crippen LogP contribution in [0, 0.1) is 22.5 Å². The summed E-state index contributed by atoms with van der Waals surface area (Å²) in [5.41, 5.74) is 0.981. The lowest BCUT2D eigenvalue weighted by atomic mass is 10.4. The molecule has 0 saturated carbocycles. The van der Waals surface area contributed by atoms with Crippen LogP contribution in [0.1, 0.15) is 5.69 Å². The largest absolute Gasteiger partial charge is 0.366 e. The fraction of sp³-hybridized carbons (Fsp3) is 0.308. The van der Waals surface area contributed by atoms with Crippen molar-refractivity contribution in [2.75, 3.05) is 18.8 Å². The van der Waals surface area contributed by atoms with Crippen LogP contribution in [0.25, 0.3) is 0 Å². The predicted octanol–water partition coefficient (Wildman–Crippen LogP) is 1.97. The lowest BCUT2D eigenvalue weighted by Gasteiger charge is -2.09. The first-order valence-electron chi connectivity index (χ1n) is 6.07. The quantitative estimate of drug-likeness (QED) is 0.299. The van der Waals surface area contributed by atoms with Gasteiger partial charge in [0.2, 0.25) is 0 Å². The highest BCUT2D eigenvalue weighted by Crippen LogP contribution is 2.18. The van der Waals surface area contributed by atoms with Gasteiger partial charge < -0.3 is 10.6 Å². The minimum Gasteiger partial charge on any atom is -0.366 e. The second-order valence-corrected chi connectivity index (χ2v) is 5.76. The van der Waals surface area contributed by atoms with Gasteiger partial charge >= 0.3 is 0 Å². The zero-order valence-electron chi connectivity index (χ0n) is 11.2. The maximum absolute atomic E-state index is 10.5. The van der Waals surface area contributed by atoms with E-state index in [1.807, 2.05) is 12.1 Å². The molecule has 1 aromatic heterocycles. The molecule has 0 unspecified atom stereocenters. The van der Waals surface area contributed by atoms with Crippen molar-refractivity contribution in [3.8, 4) is 12.3 Å². The number of terminal acetylenes is 1. The minimum absolute atomic E-state index is 0.237. The van der Waals surface area contributed by atoms with Crippen LogP contribution >= 0.6 is 27.7 Å². The van der Waals surface area contributed by atoms with Gasteiger partial charge in [-0.05, 0) is 28.1 Å². The SMILES string of the molecule is C#CCNC(=C[N+](=O)[O-])NCCSCc1ncccc1Br. The lowest BCUT2D eigenvalue weighted by molar-refractivity contribution is -0.404. The van der Waals surface area contributed by atoms with E-state index in [1.165, 1.54) is 0 Å². The van der Waals surface area contributed by atoms with Crippen molar-refractivity contribution in [2.24, 2.45) is 0 Å². The van der Waals surface area contributed by atoms with Gasteiger partial charge in [-0.3, -0.25) is 15.1 Å². The molecule has 21 heavy (non-hydrogen) atoms. The predicted molar refractivity (Wildman–Crippen MR) is 88.0 cm³/mol. The van der Waals surface area contributed by atoms with Crippen LogP contribution in [0.4, 0.5) is 0 Å². The molecule has 0 amide bonds. The Kier molecular flexibility index (Phi) is 8.31. The molecule has 0 spiro atoms. The molecule has 0 atom stereocenters. The van der Waals surface area contributed by atoms with Crippen molar-refractivity contribution >= 4 is 27.7 Å². The zero-order valence-corrected chi connectivity index (χ0v) is 13.6. The Labute approximate surface area is 136 Å². The first-order valence-corrected chi connectivity index (χ1v) is 8.02. The van der Waals surface area contributed by atoms with Gasteiger partial charge in [-0.1, -0.05) is 5.92 Å². The maximum atomic E-state index is 10.5. The highest BCUT2D eigenvalue weighted by Gasteiger charge is 2.02. The summed E-state index contributed by atoms with van der Waals surface area (Å²) >= 11 is 5.12. The van der Waals surface area contributed by atoms with E-state index in [0.717, 1.165) is 27.9 Å². The number of hydrogen-bond donors (Lipinski definition) is 2. The average Bonchev–Trinajstić information content (AvgIpc) is 2.45. The molecule has 0 bridgehead atoms. The van der Waals surface area contributed by atoms with Crippen LogP contribution in [-0.2, 0) is 5.75 Å². The Balaban J connectivity index is 2.30. The van der Waals surface area contributed by atoms with Crippen molar-refractivity contribution in [2.45, 2.75) is 5.75 Å². The fourth-order valence-electron chi connectivity index (χ4n) is 1.36. The summed E-state index contributed by atoms with van der Waals surface area (Å²) in [6.45, 7) is 0.826. The number of nitro groups is 1. The number of hydrogen-bond acceptors (Lipinski definition) is 6. The van der Waals surface area contributed by atoms with Gasteiger partial charge in [0.1, 0.15) is 0 Å². The van der Waals surface area contributed by atoms with E-state index < -0.39 is 4.92 Å². The summed E-state index contributed by atoms with van der Waals surface area (Å²) in [5, 5.41) is 16.2. The summed E-state index contributed by atoms with van der Waals surface area (Å²) in [4.78, 5) is 14.2. The Bertz CT molecular complexity index is 545. The lowest BCUT2D eigenvalue weighted by Crippen LogP contribution is -2.29. The second-order valence-electron chi connectivity index (χ2n) is 3.80. The Morgan fingerprint density at radius 2 is 2.43 bits per heavy atom. The van der Waals surface area contributed by atoms with Crippen molar-refractivity contribution < 1.29 is 4.92 Å². The van der Waals surface area contributed by atoms with Crippen molar-refractivity contribution in [1.29, 1.82) is 0 Å². The number of pyridine rings is 1. The van der Waals surface area contributed by atoms with Gasteiger partial charge in [-0.15, -0.1) is 6.42 Å². The molecule has 0 aliphatic carbocycles. The van der Waals surface area contributed by atoms with E-state index in [-0.39, 0.29) is 6.54 Å². The maximum Gasteiger partial charge on any atom is 0.274 e. The number of halogens is 1. The van der Waals surface area contributed by atoms with Crippen LogP contribution in [0.3, 0.4) is 0 Å². The van der Waals surface area contributed by atoms with E-state index in [2.05, 4.69) is 37.5 Å². The van der Waals surface area contributed by atoms with Gasteiger partial charge in [0.15, 0.2) is 5.82 Å². The van der Waals surface area contributed by atoms with E-state index in [1.54, 1.807) is 18.0 Å². The number of aromatic nitrogens is 1. The number of thioether (sulfide) groups is 1. The monoisotopic (exact) mass is 370 g/mol. The Morgan fingerprint density at radius 3 is 3.10 bits per heavy atom. The van der Waals surface area contributed by atoms with Crippen molar-refractivity contribution in [1.82, 2.24) is 15.6 Å². The van der Waals surface area contributed by atoms with E-state index in [9.17, 15) is 10.1 Å². The molecule has 2 N–H and O–H groups in total. The molecule has 1 heterocycles. The molecule has 112 valence electrons. The van der Waals surface area contributed by atoms with Crippen LogP contribution in [0.15, 0.2) is 34.8 Å². The van der Waals surface area contributed by atoms with Crippen LogP contribution < -0.4 is 10.6 Å². The van der Waals surface area contributed by atoms with Gasteiger partial charge in [0.05, 0.1) is 17.2 Å². The second kappa shape index (κ2) is 10.1. The molecule has 0 aromatic carbocycles. The summed E-state index contributed by atoms with van der Waals surface area (Å²) in [7, 11) is 0. The third-order valence-electron chi connectivity index (χ3n) is 2.25. The molecule has 0 radical (unpaired) electrons. The number of nitrogens with zero attached hydrogens (tertiary/aromatic N) is 2. The molecule has 6 nitrogen and oxygen atoms in total.